The normalized spacial score (nSPS) is 21.3. The van der Waals surface area contributed by atoms with Crippen molar-refractivity contribution in [2.45, 2.75) is 18.9 Å². The fraction of sp³-hybridized carbons (Fsp3) is 0.556. The predicted octanol–water partition coefficient (Wildman–Crippen LogP) is 0.349. The molecule has 1 heterocycles. The number of aliphatic carboxylic acids is 1. The molecule has 0 radical (unpaired) electrons. The van der Waals surface area contributed by atoms with Gasteiger partial charge in [-0.05, 0) is 12.8 Å². The van der Waals surface area contributed by atoms with E-state index >= 15 is 0 Å². The second-order valence-electron chi connectivity index (χ2n) is 2.94. The Bertz CT molecular complexity index is 240. The van der Waals surface area contributed by atoms with E-state index in [1.807, 2.05) is 0 Å². The molecule has 0 aliphatic carbocycles. The molecule has 5 nitrogen and oxygen atoms in total. The van der Waals surface area contributed by atoms with Gasteiger partial charge in [0.1, 0.15) is 6.61 Å². The van der Waals surface area contributed by atoms with E-state index in [4.69, 9.17) is 14.6 Å². The summed E-state index contributed by atoms with van der Waals surface area (Å²) in [5.41, 5.74) is 0. The summed E-state index contributed by atoms with van der Waals surface area (Å²) in [5, 5.41) is 8.22. The van der Waals surface area contributed by atoms with Crippen molar-refractivity contribution in [3.63, 3.8) is 0 Å². The highest BCUT2D eigenvalue weighted by molar-refractivity contribution is 5.90. The molecule has 78 valence electrons. The molecule has 0 saturated carbocycles. The van der Waals surface area contributed by atoms with Crippen molar-refractivity contribution < 1.29 is 24.2 Å². The van der Waals surface area contributed by atoms with Gasteiger partial charge in [0.05, 0.1) is 6.10 Å². The number of carbonyl (C=O) groups excluding carboxylic acids is 1. The third-order valence-electron chi connectivity index (χ3n) is 1.80. The van der Waals surface area contributed by atoms with Crippen LogP contribution in [0.4, 0.5) is 0 Å². The molecule has 1 rings (SSSR count). The van der Waals surface area contributed by atoms with Crippen LogP contribution in [0, 0.1) is 0 Å². The van der Waals surface area contributed by atoms with Crippen molar-refractivity contribution in [2.24, 2.45) is 0 Å². The molecule has 0 spiro atoms. The third-order valence-corrected chi connectivity index (χ3v) is 1.80. The van der Waals surface area contributed by atoms with Gasteiger partial charge in [-0.1, -0.05) is 0 Å². The number of esters is 1. The first-order chi connectivity index (χ1) is 6.68. The van der Waals surface area contributed by atoms with E-state index in [-0.39, 0.29) is 12.7 Å². The number of carboxylic acids is 1. The zero-order chi connectivity index (χ0) is 10.4. The van der Waals surface area contributed by atoms with E-state index < -0.39 is 11.9 Å². The summed E-state index contributed by atoms with van der Waals surface area (Å²) in [6, 6.07) is 0. The van der Waals surface area contributed by atoms with E-state index in [9.17, 15) is 9.59 Å². The Kier molecular flexibility index (Phi) is 4.12. The SMILES string of the molecule is O=C(O)/C=C/C(=O)OC[C@H]1CCCO1. The zero-order valence-corrected chi connectivity index (χ0v) is 7.64. The summed E-state index contributed by atoms with van der Waals surface area (Å²) in [6.07, 6.45) is 3.47. The number of hydrogen-bond acceptors (Lipinski definition) is 4. The maximum atomic E-state index is 10.9. The molecule has 1 N–H and O–H groups in total. The first-order valence-electron chi connectivity index (χ1n) is 4.38. The Morgan fingerprint density at radius 1 is 1.50 bits per heavy atom. The van der Waals surface area contributed by atoms with Gasteiger partial charge >= 0.3 is 11.9 Å². The van der Waals surface area contributed by atoms with Gasteiger partial charge in [-0.15, -0.1) is 0 Å². The van der Waals surface area contributed by atoms with Gasteiger partial charge in [0.15, 0.2) is 0 Å². The van der Waals surface area contributed by atoms with Crippen LogP contribution in [0.5, 0.6) is 0 Å². The fourth-order valence-corrected chi connectivity index (χ4v) is 1.14. The van der Waals surface area contributed by atoms with Gasteiger partial charge in [0.2, 0.25) is 0 Å². The minimum atomic E-state index is -1.17. The highest BCUT2D eigenvalue weighted by atomic mass is 16.6. The van der Waals surface area contributed by atoms with Crippen molar-refractivity contribution in [1.82, 2.24) is 0 Å². The minimum absolute atomic E-state index is 0.0304. The molecule has 0 unspecified atom stereocenters. The average molecular weight is 200 g/mol. The molecule has 0 aromatic heterocycles. The van der Waals surface area contributed by atoms with Crippen molar-refractivity contribution in [1.29, 1.82) is 0 Å². The van der Waals surface area contributed by atoms with Crippen LogP contribution in [0.15, 0.2) is 12.2 Å². The molecule has 0 bridgehead atoms. The first kappa shape index (κ1) is 10.7. The van der Waals surface area contributed by atoms with Crippen LogP contribution in [0.2, 0.25) is 0 Å². The van der Waals surface area contributed by atoms with Crippen molar-refractivity contribution >= 4 is 11.9 Å². The summed E-state index contributed by atoms with van der Waals surface area (Å²) in [7, 11) is 0. The first-order valence-corrected chi connectivity index (χ1v) is 4.38. The molecule has 0 aromatic carbocycles. The monoisotopic (exact) mass is 200 g/mol. The lowest BCUT2D eigenvalue weighted by atomic mass is 10.2. The average Bonchev–Trinajstić information content (AvgIpc) is 2.63. The maximum absolute atomic E-state index is 10.9. The molecule has 0 aromatic rings. The van der Waals surface area contributed by atoms with Gasteiger partial charge in [0, 0.05) is 18.8 Å². The Morgan fingerprint density at radius 2 is 2.29 bits per heavy atom. The smallest absolute Gasteiger partial charge is 0.331 e. The number of carboxylic acid groups (broad SMARTS) is 1. The third kappa shape index (κ3) is 4.04. The van der Waals surface area contributed by atoms with Crippen LogP contribution in [-0.2, 0) is 19.1 Å². The Balaban J connectivity index is 2.17. The zero-order valence-electron chi connectivity index (χ0n) is 7.64. The summed E-state index contributed by atoms with van der Waals surface area (Å²) < 4.78 is 9.97. The second kappa shape index (κ2) is 5.39. The molecule has 1 fully saturated rings. The summed E-state index contributed by atoms with van der Waals surface area (Å²) in [5.74, 6) is -1.82. The van der Waals surface area contributed by atoms with Crippen LogP contribution in [0.25, 0.3) is 0 Å². The molecule has 5 heteroatoms. The van der Waals surface area contributed by atoms with Crippen molar-refractivity contribution in [2.75, 3.05) is 13.2 Å². The van der Waals surface area contributed by atoms with Crippen LogP contribution < -0.4 is 0 Å². The van der Waals surface area contributed by atoms with Crippen LogP contribution >= 0.6 is 0 Å². The summed E-state index contributed by atoms with van der Waals surface area (Å²) >= 11 is 0. The van der Waals surface area contributed by atoms with Gasteiger partial charge in [-0.25, -0.2) is 9.59 Å². The van der Waals surface area contributed by atoms with Crippen LogP contribution in [-0.4, -0.2) is 36.4 Å². The predicted molar refractivity (Wildman–Crippen MR) is 46.7 cm³/mol. The maximum Gasteiger partial charge on any atom is 0.331 e. The standard InChI is InChI=1S/C9H12O5/c10-8(11)3-4-9(12)14-6-7-2-1-5-13-7/h3-4,7H,1-2,5-6H2,(H,10,11)/b4-3+/t7-/m1/s1. The van der Waals surface area contributed by atoms with E-state index in [0.29, 0.717) is 6.61 Å². The van der Waals surface area contributed by atoms with Crippen molar-refractivity contribution in [3.8, 4) is 0 Å². The van der Waals surface area contributed by atoms with E-state index in [1.165, 1.54) is 0 Å². The Hall–Kier alpha value is -1.36. The fourth-order valence-electron chi connectivity index (χ4n) is 1.14. The molecule has 1 aliphatic rings. The molecule has 1 aliphatic heterocycles. The van der Waals surface area contributed by atoms with E-state index in [0.717, 1.165) is 25.0 Å². The molecule has 1 saturated heterocycles. The molecular formula is C9H12O5. The lowest BCUT2D eigenvalue weighted by molar-refractivity contribution is -0.141. The lowest BCUT2D eigenvalue weighted by Gasteiger charge is -2.07. The highest BCUT2D eigenvalue weighted by Gasteiger charge is 2.16. The van der Waals surface area contributed by atoms with Gasteiger partial charge in [0.25, 0.3) is 0 Å². The Labute approximate surface area is 81.3 Å². The van der Waals surface area contributed by atoms with E-state index in [1.54, 1.807) is 0 Å². The number of hydrogen-bond donors (Lipinski definition) is 1. The van der Waals surface area contributed by atoms with Gasteiger partial charge < -0.3 is 14.6 Å². The number of ether oxygens (including phenoxy) is 2. The topological polar surface area (TPSA) is 72.8 Å². The lowest BCUT2D eigenvalue weighted by Crippen LogP contribution is -2.16. The van der Waals surface area contributed by atoms with E-state index in [2.05, 4.69) is 0 Å². The van der Waals surface area contributed by atoms with Gasteiger partial charge in [-0.3, -0.25) is 0 Å². The molecule has 14 heavy (non-hydrogen) atoms. The van der Waals surface area contributed by atoms with Gasteiger partial charge in [-0.2, -0.15) is 0 Å². The second-order valence-corrected chi connectivity index (χ2v) is 2.94. The van der Waals surface area contributed by atoms with Crippen LogP contribution in [0.3, 0.4) is 0 Å². The Morgan fingerprint density at radius 3 is 2.86 bits per heavy atom. The quantitative estimate of drug-likeness (QED) is 0.523. The number of carbonyl (C=O) groups is 2. The highest BCUT2D eigenvalue weighted by Crippen LogP contribution is 2.11. The molecule has 1 atom stereocenters. The molecular weight excluding hydrogens is 188 g/mol. The molecule has 0 amide bonds. The largest absolute Gasteiger partial charge is 0.478 e. The summed E-state index contributed by atoms with van der Waals surface area (Å²) in [6.45, 7) is 0.899. The van der Waals surface area contributed by atoms with Crippen LogP contribution in [0.1, 0.15) is 12.8 Å². The summed E-state index contributed by atoms with van der Waals surface area (Å²) in [4.78, 5) is 20.9. The minimum Gasteiger partial charge on any atom is -0.478 e. The number of rotatable bonds is 4. The van der Waals surface area contributed by atoms with Crippen molar-refractivity contribution in [3.05, 3.63) is 12.2 Å².